The fraction of sp³-hybridized carbons (Fsp3) is 0.500. The predicted octanol–water partition coefficient (Wildman–Crippen LogP) is -0.505. The number of hydrogen-bond donors (Lipinski definition) is 1. The van der Waals surface area contributed by atoms with E-state index in [0.29, 0.717) is 6.61 Å². The summed E-state index contributed by atoms with van der Waals surface area (Å²) in [5.41, 5.74) is 0. The first-order valence-electron chi connectivity index (χ1n) is 2.99. The van der Waals surface area contributed by atoms with Gasteiger partial charge in [0.15, 0.2) is 0 Å². The van der Waals surface area contributed by atoms with Crippen molar-refractivity contribution in [3.05, 3.63) is 18.2 Å². The molecular formula is C6H14N2OSi. The lowest BCUT2D eigenvalue weighted by Crippen LogP contribution is -1.92. The first kappa shape index (κ1) is 9.39. The molecule has 4 heteroatoms. The molecule has 58 valence electrons. The topological polar surface area (TPSA) is 37.9 Å². The Bertz CT molecular complexity index is 153. The van der Waals surface area contributed by atoms with Crippen molar-refractivity contribution < 1.29 is 4.74 Å². The Morgan fingerprint density at radius 2 is 2.50 bits per heavy atom. The van der Waals surface area contributed by atoms with Crippen molar-refractivity contribution in [1.82, 2.24) is 9.97 Å². The minimum atomic E-state index is 0. The highest BCUT2D eigenvalue weighted by Gasteiger charge is 1.89. The van der Waals surface area contributed by atoms with Gasteiger partial charge in [-0.15, -0.1) is 0 Å². The van der Waals surface area contributed by atoms with E-state index in [1.54, 1.807) is 12.4 Å². The summed E-state index contributed by atoms with van der Waals surface area (Å²) in [5.74, 6) is 0.886. The molecule has 3 nitrogen and oxygen atoms in total. The molecule has 1 heterocycles. The first-order chi connectivity index (χ1) is 4.43. The van der Waals surface area contributed by atoms with Crippen LogP contribution < -0.4 is 0 Å². The zero-order valence-corrected chi connectivity index (χ0v) is 5.42. The van der Waals surface area contributed by atoms with Crippen LogP contribution in [0, 0.1) is 0 Å². The zero-order valence-electron chi connectivity index (χ0n) is 5.42. The van der Waals surface area contributed by atoms with E-state index in [1.807, 2.05) is 6.92 Å². The van der Waals surface area contributed by atoms with Gasteiger partial charge >= 0.3 is 0 Å². The summed E-state index contributed by atoms with van der Waals surface area (Å²) in [6, 6.07) is 0. The smallest absolute Gasteiger partial charge is 0.132 e. The van der Waals surface area contributed by atoms with Crippen LogP contribution in [0.25, 0.3) is 0 Å². The van der Waals surface area contributed by atoms with Gasteiger partial charge in [-0.1, -0.05) is 0 Å². The number of aromatic nitrogens is 2. The molecule has 0 aliphatic rings. The molecule has 1 N–H and O–H groups in total. The van der Waals surface area contributed by atoms with Gasteiger partial charge in [-0.05, 0) is 17.9 Å². The van der Waals surface area contributed by atoms with E-state index in [1.165, 1.54) is 0 Å². The van der Waals surface area contributed by atoms with Crippen molar-refractivity contribution in [2.45, 2.75) is 13.5 Å². The molecule has 0 fully saturated rings. The maximum absolute atomic E-state index is 5.08. The number of nitrogens with zero attached hydrogens (tertiary/aromatic N) is 1. The van der Waals surface area contributed by atoms with Crippen molar-refractivity contribution in [2.75, 3.05) is 6.61 Å². The second-order valence-corrected chi connectivity index (χ2v) is 1.67. The van der Waals surface area contributed by atoms with Crippen molar-refractivity contribution >= 4 is 11.0 Å². The summed E-state index contributed by atoms with van der Waals surface area (Å²) in [7, 11) is 0. The van der Waals surface area contributed by atoms with E-state index >= 15 is 0 Å². The molecule has 1 aromatic rings. The molecule has 0 bridgehead atoms. The quantitative estimate of drug-likeness (QED) is 0.602. The van der Waals surface area contributed by atoms with Gasteiger partial charge < -0.3 is 9.72 Å². The molecule has 0 spiro atoms. The third kappa shape index (κ3) is 2.79. The standard InChI is InChI=1S/C6H10N2O.H4Si/c1-2-9-5-6-7-3-4-8-6;/h3-4H,2,5H2,1H3,(H,7,8);1H4. The summed E-state index contributed by atoms with van der Waals surface area (Å²) in [6.45, 7) is 3.28. The van der Waals surface area contributed by atoms with Gasteiger partial charge in [0.1, 0.15) is 12.4 Å². The number of ether oxygens (including phenoxy) is 1. The number of rotatable bonds is 3. The lowest BCUT2D eigenvalue weighted by Gasteiger charge is -1.94. The molecule has 0 saturated heterocycles. The predicted molar refractivity (Wildman–Crippen MR) is 45.3 cm³/mol. The summed E-state index contributed by atoms with van der Waals surface area (Å²) in [4.78, 5) is 6.91. The largest absolute Gasteiger partial charge is 0.374 e. The van der Waals surface area contributed by atoms with Crippen molar-refractivity contribution in [3.63, 3.8) is 0 Å². The van der Waals surface area contributed by atoms with Gasteiger partial charge in [0.2, 0.25) is 0 Å². The van der Waals surface area contributed by atoms with Crippen LogP contribution in [0.5, 0.6) is 0 Å². The molecule has 10 heavy (non-hydrogen) atoms. The molecule has 0 aromatic carbocycles. The second-order valence-electron chi connectivity index (χ2n) is 1.67. The molecule has 0 atom stereocenters. The molecule has 0 aliphatic carbocycles. The third-order valence-corrected chi connectivity index (χ3v) is 0.998. The zero-order chi connectivity index (χ0) is 6.53. The Labute approximate surface area is 64.8 Å². The molecule has 0 saturated carbocycles. The molecule has 1 aromatic heterocycles. The van der Waals surface area contributed by atoms with E-state index in [4.69, 9.17) is 4.74 Å². The van der Waals surface area contributed by atoms with Crippen LogP contribution in [0.15, 0.2) is 12.4 Å². The minimum Gasteiger partial charge on any atom is -0.374 e. The van der Waals surface area contributed by atoms with Crippen LogP contribution in [0.1, 0.15) is 12.7 Å². The highest BCUT2D eigenvalue weighted by Crippen LogP contribution is 1.89. The number of imidazole rings is 1. The second kappa shape index (κ2) is 5.19. The van der Waals surface area contributed by atoms with Crippen LogP contribution in [-0.4, -0.2) is 27.5 Å². The van der Waals surface area contributed by atoms with Gasteiger partial charge in [0.25, 0.3) is 0 Å². The van der Waals surface area contributed by atoms with Gasteiger partial charge in [-0.25, -0.2) is 4.98 Å². The fourth-order valence-corrected chi connectivity index (χ4v) is 0.576. The summed E-state index contributed by atoms with van der Waals surface area (Å²) in [5, 5.41) is 0. The van der Waals surface area contributed by atoms with Crippen LogP contribution in [0.4, 0.5) is 0 Å². The number of hydrogen-bond acceptors (Lipinski definition) is 2. The van der Waals surface area contributed by atoms with Crippen molar-refractivity contribution in [2.24, 2.45) is 0 Å². The first-order valence-corrected chi connectivity index (χ1v) is 2.99. The Morgan fingerprint density at radius 3 is 3.00 bits per heavy atom. The molecule has 0 unspecified atom stereocenters. The molecular weight excluding hydrogens is 144 g/mol. The van der Waals surface area contributed by atoms with Crippen molar-refractivity contribution in [3.8, 4) is 0 Å². The Hall–Kier alpha value is -0.613. The van der Waals surface area contributed by atoms with E-state index < -0.39 is 0 Å². The Kier molecular flexibility index (Phi) is 4.88. The maximum atomic E-state index is 5.08. The summed E-state index contributed by atoms with van der Waals surface area (Å²) in [6.07, 6.45) is 3.50. The number of nitrogens with one attached hydrogen (secondary N) is 1. The van der Waals surface area contributed by atoms with E-state index in [9.17, 15) is 0 Å². The van der Waals surface area contributed by atoms with Crippen LogP contribution in [0.2, 0.25) is 0 Å². The lowest BCUT2D eigenvalue weighted by atomic mass is 10.7. The Morgan fingerprint density at radius 1 is 1.70 bits per heavy atom. The van der Waals surface area contributed by atoms with Gasteiger partial charge in [0, 0.05) is 19.0 Å². The normalized spacial score (nSPS) is 8.90. The minimum absolute atomic E-state index is 0. The molecule has 1 rings (SSSR count). The van der Waals surface area contributed by atoms with Gasteiger partial charge in [-0.3, -0.25) is 0 Å². The Balaban J connectivity index is 0.000000810. The molecule has 0 amide bonds. The highest BCUT2D eigenvalue weighted by molar-refractivity contribution is 5.75. The highest BCUT2D eigenvalue weighted by atomic mass is 28.1. The van der Waals surface area contributed by atoms with Gasteiger partial charge in [0.05, 0.1) is 0 Å². The van der Waals surface area contributed by atoms with Crippen LogP contribution >= 0.6 is 0 Å². The fourth-order valence-electron chi connectivity index (χ4n) is 0.576. The molecule has 0 aliphatic heterocycles. The molecule has 0 radical (unpaired) electrons. The monoisotopic (exact) mass is 158 g/mol. The maximum Gasteiger partial charge on any atom is 0.132 e. The number of H-pyrrole nitrogens is 1. The van der Waals surface area contributed by atoms with Crippen LogP contribution in [-0.2, 0) is 11.3 Å². The average molecular weight is 158 g/mol. The number of aromatic amines is 1. The van der Waals surface area contributed by atoms with E-state index in [0.717, 1.165) is 12.4 Å². The summed E-state index contributed by atoms with van der Waals surface area (Å²) >= 11 is 0. The average Bonchev–Trinajstić information content (AvgIpc) is 2.34. The van der Waals surface area contributed by atoms with Crippen LogP contribution in [0.3, 0.4) is 0 Å². The lowest BCUT2D eigenvalue weighted by molar-refractivity contribution is 0.129. The van der Waals surface area contributed by atoms with E-state index in [-0.39, 0.29) is 11.0 Å². The van der Waals surface area contributed by atoms with Gasteiger partial charge in [-0.2, -0.15) is 0 Å². The van der Waals surface area contributed by atoms with E-state index in [2.05, 4.69) is 9.97 Å². The van der Waals surface area contributed by atoms with Crippen molar-refractivity contribution in [1.29, 1.82) is 0 Å². The SMILES string of the molecule is CCOCc1ncc[nH]1.[SiH4]. The summed E-state index contributed by atoms with van der Waals surface area (Å²) < 4.78 is 5.08. The third-order valence-electron chi connectivity index (χ3n) is 0.998.